The summed E-state index contributed by atoms with van der Waals surface area (Å²) in [6.07, 6.45) is 8.42. The number of hydrazone groups is 1. The monoisotopic (exact) mass is 487 g/mol. The van der Waals surface area contributed by atoms with Crippen molar-refractivity contribution in [3.8, 4) is 0 Å². The van der Waals surface area contributed by atoms with Crippen LogP contribution in [-0.2, 0) is 7.05 Å². The van der Waals surface area contributed by atoms with Gasteiger partial charge in [-0.3, -0.25) is 19.5 Å². The SMILES string of the molecule is CC.CC.C[n+]1ccc(/C=N/N(CCCCCN2C(=O)c3ccccc3C2=O)c2ccccc2)cc1. The topological polar surface area (TPSA) is 56.9 Å². The van der Waals surface area contributed by atoms with Crippen LogP contribution in [0.5, 0.6) is 0 Å². The third kappa shape index (κ3) is 7.60. The maximum Gasteiger partial charge on any atom is 0.261 e. The van der Waals surface area contributed by atoms with Crippen LogP contribution in [0.3, 0.4) is 0 Å². The quantitative estimate of drug-likeness (QED) is 0.125. The first-order chi connectivity index (χ1) is 17.6. The molecule has 2 heterocycles. The van der Waals surface area contributed by atoms with Gasteiger partial charge in [-0.15, -0.1) is 0 Å². The van der Waals surface area contributed by atoms with E-state index in [2.05, 4.69) is 0 Å². The van der Waals surface area contributed by atoms with Crippen molar-refractivity contribution in [1.29, 1.82) is 0 Å². The first kappa shape index (κ1) is 28.4. The number of pyridine rings is 1. The van der Waals surface area contributed by atoms with Crippen molar-refractivity contribution in [2.24, 2.45) is 12.1 Å². The zero-order valence-corrected chi connectivity index (χ0v) is 22.2. The number of anilines is 1. The molecule has 0 radical (unpaired) electrons. The van der Waals surface area contributed by atoms with Crippen LogP contribution in [0.1, 0.15) is 73.2 Å². The molecule has 0 bridgehead atoms. The van der Waals surface area contributed by atoms with Crippen LogP contribution in [0.25, 0.3) is 0 Å². The standard InChI is InChI=1S/C26H27N4O2.2C2H6/c1-28-18-14-21(15-19-28)20-27-30(22-10-4-2-5-11-22)17-9-3-8-16-29-25(31)23-12-6-7-13-24(23)26(29)32;2*1-2/h2,4-7,10-15,18-20H,3,8-9,16-17H2,1H3;2*1-2H3/q+1;;. The van der Waals surface area contributed by atoms with Crippen LogP contribution in [0.4, 0.5) is 5.69 Å². The number of unbranched alkanes of at least 4 members (excludes halogenated alkanes) is 2. The van der Waals surface area contributed by atoms with Crippen molar-refractivity contribution in [2.45, 2.75) is 47.0 Å². The lowest BCUT2D eigenvalue weighted by molar-refractivity contribution is -0.671. The Hall–Kier alpha value is -3.80. The molecule has 0 atom stereocenters. The Bertz CT molecular complexity index is 1080. The van der Waals surface area contributed by atoms with E-state index in [9.17, 15) is 9.59 Å². The molecule has 0 fully saturated rings. The molecule has 0 saturated heterocycles. The van der Waals surface area contributed by atoms with E-state index in [1.54, 1.807) is 24.3 Å². The van der Waals surface area contributed by atoms with Gasteiger partial charge >= 0.3 is 0 Å². The molecule has 3 aromatic rings. The molecule has 2 aromatic carbocycles. The van der Waals surface area contributed by atoms with Gasteiger partial charge < -0.3 is 0 Å². The summed E-state index contributed by atoms with van der Waals surface area (Å²) < 4.78 is 1.99. The van der Waals surface area contributed by atoms with E-state index in [1.165, 1.54) is 4.90 Å². The Balaban J connectivity index is 0.00000109. The lowest BCUT2D eigenvalue weighted by Crippen LogP contribution is -2.30. The molecular weight excluding hydrogens is 448 g/mol. The number of hydrogen-bond acceptors (Lipinski definition) is 4. The van der Waals surface area contributed by atoms with E-state index in [1.807, 2.05) is 105 Å². The maximum absolute atomic E-state index is 12.5. The molecule has 0 aliphatic carbocycles. The molecule has 36 heavy (non-hydrogen) atoms. The van der Waals surface area contributed by atoms with Crippen LogP contribution in [0, 0.1) is 0 Å². The van der Waals surface area contributed by atoms with Gasteiger partial charge in [-0.05, 0) is 43.5 Å². The van der Waals surface area contributed by atoms with Gasteiger partial charge in [-0.2, -0.15) is 5.10 Å². The third-order valence-corrected chi connectivity index (χ3v) is 5.53. The second-order valence-electron chi connectivity index (χ2n) is 7.87. The molecule has 190 valence electrons. The second-order valence-corrected chi connectivity index (χ2v) is 7.87. The van der Waals surface area contributed by atoms with E-state index >= 15 is 0 Å². The first-order valence-corrected chi connectivity index (χ1v) is 12.9. The van der Waals surface area contributed by atoms with Crippen LogP contribution in [-0.4, -0.2) is 36.0 Å². The van der Waals surface area contributed by atoms with Crippen molar-refractivity contribution in [3.63, 3.8) is 0 Å². The number of carbonyl (C=O) groups excluding carboxylic acids is 2. The number of aryl methyl sites for hydroxylation is 1. The number of carbonyl (C=O) groups is 2. The van der Waals surface area contributed by atoms with Gasteiger partial charge in [0.2, 0.25) is 0 Å². The van der Waals surface area contributed by atoms with Gasteiger partial charge in [-0.25, -0.2) is 4.57 Å². The highest BCUT2D eigenvalue weighted by Crippen LogP contribution is 2.23. The minimum atomic E-state index is -0.183. The highest BCUT2D eigenvalue weighted by atomic mass is 16.2. The smallest absolute Gasteiger partial charge is 0.261 e. The molecule has 4 rings (SSSR count). The fourth-order valence-electron chi connectivity index (χ4n) is 3.74. The highest BCUT2D eigenvalue weighted by molar-refractivity contribution is 6.21. The molecular formula is C30H39N4O2+. The molecule has 0 spiro atoms. The average molecular weight is 488 g/mol. The van der Waals surface area contributed by atoms with Crippen LogP contribution in [0.2, 0.25) is 0 Å². The Morgan fingerprint density at radius 3 is 1.92 bits per heavy atom. The van der Waals surface area contributed by atoms with Crippen molar-refractivity contribution < 1.29 is 14.2 Å². The van der Waals surface area contributed by atoms with Crippen molar-refractivity contribution in [2.75, 3.05) is 18.1 Å². The number of fused-ring (bicyclic) bond motifs is 1. The zero-order valence-electron chi connectivity index (χ0n) is 22.2. The number of imide groups is 1. The fourth-order valence-corrected chi connectivity index (χ4v) is 3.74. The summed E-state index contributed by atoms with van der Waals surface area (Å²) in [5, 5.41) is 6.70. The van der Waals surface area contributed by atoms with Gasteiger partial charge in [-0.1, -0.05) is 58.0 Å². The van der Waals surface area contributed by atoms with Crippen LogP contribution in [0.15, 0.2) is 84.2 Å². The molecule has 1 aromatic heterocycles. The largest absolute Gasteiger partial charge is 0.274 e. The molecule has 1 aliphatic heterocycles. The lowest BCUT2D eigenvalue weighted by atomic mass is 10.1. The molecule has 2 amide bonds. The summed E-state index contributed by atoms with van der Waals surface area (Å²) in [7, 11) is 1.99. The van der Waals surface area contributed by atoms with Crippen LogP contribution >= 0.6 is 0 Å². The Kier molecular flexibility index (Phi) is 12.0. The van der Waals surface area contributed by atoms with E-state index in [0.29, 0.717) is 17.7 Å². The van der Waals surface area contributed by atoms with Crippen molar-refractivity contribution in [3.05, 3.63) is 95.8 Å². The Morgan fingerprint density at radius 1 is 0.778 bits per heavy atom. The summed E-state index contributed by atoms with van der Waals surface area (Å²) in [5.74, 6) is -0.366. The number of amides is 2. The van der Waals surface area contributed by atoms with Crippen molar-refractivity contribution in [1.82, 2.24) is 4.90 Å². The minimum absolute atomic E-state index is 0.183. The Morgan fingerprint density at radius 2 is 1.33 bits per heavy atom. The molecule has 0 unspecified atom stereocenters. The average Bonchev–Trinajstić information content (AvgIpc) is 3.18. The summed E-state index contributed by atoms with van der Waals surface area (Å²) in [4.78, 5) is 26.3. The van der Waals surface area contributed by atoms with Gasteiger partial charge in [0, 0.05) is 30.8 Å². The van der Waals surface area contributed by atoms with Crippen molar-refractivity contribution >= 4 is 23.7 Å². The first-order valence-electron chi connectivity index (χ1n) is 12.9. The third-order valence-electron chi connectivity index (χ3n) is 5.53. The molecule has 0 N–H and O–H groups in total. The summed E-state index contributed by atoms with van der Waals surface area (Å²) >= 11 is 0. The van der Waals surface area contributed by atoms with Gasteiger partial charge in [0.25, 0.3) is 11.8 Å². The number of benzene rings is 2. The fraction of sp³-hybridized carbons (Fsp3) is 0.333. The molecule has 6 nitrogen and oxygen atoms in total. The number of nitrogens with zero attached hydrogens (tertiary/aromatic N) is 4. The van der Waals surface area contributed by atoms with E-state index < -0.39 is 0 Å². The predicted molar refractivity (Wildman–Crippen MR) is 147 cm³/mol. The zero-order chi connectivity index (χ0) is 26.3. The molecule has 1 aliphatic rings. The number of aromatic nitrogens is 1. The summed E-state index contributed by atoms with van der Waals surface area (Å²) in [6, 6.07) is 21.2. The summed E-state index contributed by atoms with van der Waals surface area (Å²) in [5.41, 5.74) is 3.09. The van der Waals surface area contributed by atoms with Gasteiger partial charge in [0.15, 0.2) is 12.4 Å². The van der Waals surface area contributed by atoms with Crippen LogP contribution < -0.4 is 9.58 Å². The van der Waals surface area contributed by atoms with E-state index in [0.717, 1.165) is 37.1 Å². The number of rotatable bonds is 9. The van der Waals surface area contributed by atoms with E-state index in [-0.39, 0.29) is 11.8 Å². The maximum atomic E-state index is 12.5. The predicted octanol–water partition coefficient (Wildman–Crippen LogP) is 5.87. The Labute approximate surface area is 215 Å². The van der Waals surface area contributed by atoms with Gasteiger partial charge in [0.05, 0.1) is 23.0 Å². The second kappa shape index (κ2) is 15.2. The van der Waals surface area contributed by atoms with Gasteiger partial charge in [0.1, 0.15) is 7.05 Å². The highest BCUT2D eigenvalue weighted by Gasteiger charge is 2.34. The summed E-state index contributed by atoms with van der Waals surface area (Å²) in [6.45, 7) is 9.20. The minimum Gasteiger partial charge on any atom is -0.274 e. The van der Waals surface area contributed by atoms with E-state index in [4.69, 9.17) is 5.10 Å². The number of hydrogen-bond donors (Lipinski definition) is 0. The molecule has 0 saturated carbocycles. The normalized spacial score (nSPS) is 12.0. The lowest BCUT2D eigenvalue weighted by Gasteiger charge is -2.19. The molecule has 6 heteroatoms. The number of para-hydroxylation sites is 1.